The molecule has 1 atom stereocenters. The Morgan fingerprint density at radius 3 is 1.59 bits per heavy atom. The van der Waals surface area contributed by atoms with Crippen LogP contribution in [0.4, 0.5) is 0 Å². The molecule has 22 heavy (non-hydrogen) atoms. The van der Waals surface area contributed by atoms with Crippen molar-refractivity contribution in [2.24, 2.45) is 17.2 Å². The summed E-state index contributed by atoms with van der Waals surface area (Å²) in [5.74, 6) is -0.421. The van der Waals surface area contributed by atoms with E-state index in [9.17, 15) is 14.4 Å². The van der Waals surface area contributed by atoms with Gasteiger partial charge < -0.3 is 0 Å². The third-order valence-electron chi connectivity index (χ3n) is 4.05. The van der Waals surface area contributed by atoms with Crippen LogP contribution >= 0.6 is 0 Å². The molecule has 6 N–H and O–H groups in total. The van der Waals surface area contributed by atoms with Crippen LogP contribution < -0.4 is 17.2 Å². The van der Waals surface area contributed by atoms with Crippen LogP contribution in [0.25, 0.3) is 0 Å². The fourth-order valence-electron chi connectivity index (χ4n) is 2.84. The normalized spacial score (nSPS) is 14.2. The third kappa shape index (κ3) is 3.52. The zero-order valence-corrected chi connectivity index (χ0v) is 14.7. The summed E-state index contributed by atoms with van der Waals surface area (Å²) < 4.78 is -0.738. The first-order valence-electron chi connectivity index (χ1n) is 6.95. The number of carbonyl (C=O) groups excluding carboxylic acids is 3. The van der Waals surface area contributed by atoms with E-state index in [0.717, 1.165) is 18.2 Å². The molecule has 0 aromatic carbocycles. The summed E-state index contributed by atoms with van der Waals surface area (Å²) in [5, 5.41) is 0.334. The van der Waals surface area contributed by atoms with Crippen LogP contribution in [0.2, 0.25) is 15.6 Å². The van der Waals surface area contributed by atoms with Crippen LogP contribution in [0, 0.1) is 0 Å². The summed E-state index contributed by atoms with van der Waals surface area (Å²) in [7, 11) is 0. The topological polar surface area (TPSA) is 129 Å². The van der Waals surface area contributed by atoms with Crippen LogP contribution in [0.15, 0.2) is 38.0 Å². The van der Waals surface area contributed by atoms with E-state index < -0.39 is 24.3 Å². The summed E-state index contributed by atoms with van der Waals surface area (Å²) in [4.78, 5) is 37.4. The molecule has 0 radical (unpaired) electrons. The number of rotatable bonds is 12. The van der Waals surface area contributed by atoms with Gasteiger partial charge in [-0.3, -0.25) is 0 Å². The predicted octanol–water partition coefficient (Wildman–Crippen LogP) is -0.0224. The van der Waals surface area contributed by atoms with Crippen molar-refractivity contribution in [2.75, 3.05) is 13.1 Å². The molecule has 0 spiro atoms. The molecule has 7 heteroatoms. The summed E-state index contributed by atoms with van der Waals surface area (Å²) in [5.41, 5.74) is 17.3. The second-order valence-electron chi connectivity index (χ2n) is 5.24. The van der Waals surface area contributed by atoms with Gasteiger partial charge in [0.05, 0.1) is 0 Å². The second kappa shape index (κ2) is 8.34. The first-order chi connectivity index (χ1) is 10.3. The first kappa shape index (κ1) is 20.7. The molecule has 0 aliphatic rings. The summed E-state index contributed by atoms with van der Waals surface area (Å²) >= 11 is -4.53. The van der Waals surface area contributed by atoms with Gasteiger partial charge in [0.2, 0.25) is 0 Å². The van der Waals surface area contributed by atoms with Gasteiger partial charge in [0.1, 0.15) is 0 Å². The van der Waals surface area contributed by atoms with Gasteiger partial charge in [0.15, 0.2) is 0 Å². The van der Waals surface area contributed by atoms with Gasteiger partial charge in [-0.25, -0.2) is 0 Å². The van der Waals surface area contributed by atoms with Crippen molar-refractivity contribution in [3.05, 3.63) is 38.0 Å². The molecule has 0 aromatic rings. The van der Waals surface area contributed by atoms with E-state index in [-0.39, 0.29) is 37.9 Å². The van der Waals surface area contributed by atoms with Crippen molar-refractivity contribution >= 4 is 27.4 Å². The Balaban J connectivity index is 6.39. The van der Waals surface area contributed by atoms with Crippen molar-refractivity contribution in [3.63, 3.8) is 0 Å². The van der Waals surface area contributed by atoms with Crippen LogP contribution in [-0.4, -0.2) is 46.5 Å². The molecule has 0 bridgehead atoms. The Morgan fingerprint density at radius 2 is 1.32 bits per heavy atom. The standard InChI is InChI=1S/C15H26AsN3O3/c1-4-13(20)12(19)11-16(7-9-17,8-10-18,14(21)5-2)15(22)6-3/h4-6,12H,1-3,7-11,17-19H2. The predicted molar refractivity (Wildman–Crippen MR) is 91.9 cm³/mol. The number of allylic oxidation sites excluding steroid dienone is 2. The molecule has 0 rings (SSSR count). The van der Waals surface area contributed by atoms with Gasteiger partial charge in [0.25, 0.3) is 0 Å². The van der Waals surface area contributed by atoms with Gasteiger partial charge in [-0.15, -0.1) is 0 Å². The van der Waals surface area contributed by atoms with Gasteiger partial charge >= 0.3 is 132 Å². The molecule has 0 saturated heterocycles. The fraction of sp³-hybridized carbons (Fsp3) is 0.400. The SMILES string of the molecule is C=CC(=O)C(N)C[As](CCN)(CCN)(C(=O)C=C)C(=O)C=C. The number of hydrogen-bond acceptors (Lipinski definition) is 6. The zero-order valence-electron chi connectivity index (χ0n) is 12.9. The third-order valence-corrected chi connectivity index (χ3v) is 17.9. The first-order valence-corrected chi connectivity index (χ1v) is 12.8. The molecule has 6 nitrogen and oxygen atoms in total. The van der Waals surface area contributed by atoms with E-state index in [1.165, 1.54) is 0 Å². The Kier molecular flexibility index (Phi) is 7.84. The molecule has 0 saturated carbocycles. The van der Waals surface area contributed by atoms with E-state index in [4.69, 9.17) is 17.2 Å². The van der Waals surface area contributed by atoms with Crippen LogP contribution in [0.5, 0.6) is 0 Å². The minimum absolute atomic E-state index is 0.0342. The van der Waals surface area contributed by atoms with Crippen molar-refractivity contribution < 1.29 is 14.4 Å². The monoisotopic (exact) mass is 371 g/mol. The number of ketones is 1. The molecule has 0 aromatic heterocycles. The molecule has 1 unspecified atom stereocenters. The van der Waals surface area contributed by atoms with Gasteiger partial charge in [-0.1, -0.05) is 0 Å². The molecule has 124 valence electrons. The zero-order chi connectivity index (χ0) is 17.4. The molecular weight excluding hydrogens is 345 g/mol. The molecule has 0 fully saturated rings. The van der Waals surface area contributed by atoms with E-state index in [1.807, 2.05) is 0 Å². The minimum atomic E-state index is -4.53. The van der Waals surface area contributed by atoms with Crippen LogP contribution in [-0.2, 0) is 14.4 Å². The summed E-state index contributed by atoms with van der Waals surface area (Å²) in [6, 6.07) is -0.991. The van der Waals surface area contributed by atoms with Gasteiger partial charge in [-0.05, 0) is 0 Å². The Hall–Kier alpha value is -1.33. The number of carbonyl (C=O) groups is 3. The average Bonchev–Trinajstić information content (AvgIpc) is 2.52. The quantitative estimate of drug-likeness (QED) is 0.327. The van der Waals surface area contributed by atoms with E-state index >= 15 is 0 Å². The van der Waals surface area contributed by atoms with Crippen molar-refractivity contribution in [1.82, 2.24) is 0 Å². The average molecular weight is 371 g/mol. The van der Waals surface area contributed by atoms with Crippen molar-refractivity contribution in [1.29, 1.82) is 0 Å². The molecule has 0 aliphatic heterocycles. The second-order valence-corrected chi connectivity index (χ2v) is 17.0. The Morgan fingerprint density at radius 1 is 0.909 bits per heavy atom. The molecule has 0 amide bonds. The van der Waals surface area contributed by atoms with E-state index in [0.29, 0.717) is 0 Å². The van der Waals surface area contributed by atoms with E-state index in [1.54, 1.807) is 0 Å². The van der Waals surface area contributed by atoms with E-state index in [2.05, 4.69) is 19.7 Å². The fourth-order valence-corrected chi connectivity index (χ4v) is 14.1. The van der Waals surface area contributed by atoms with Gasteiger partial charge in [-0.2, -0.15) is 0 Å². The molecule has 0 aliphatic carbocycles. The summed E-state index contributed by atoms with van der Waals surface area (Å²) in [6.45, 7) is 10.6. The maximum atomic E-state index is 12.8. The van der Waals surface area contributed by atoms with Crippen LogP contribution in [0.1, 0.15) is 0 Å². The maximum absolute atomic E-state index is 12.8. The van der Waals surface area contributed by atoms with Gasteiger partial charge in [0, 0.05) is 0 Å². The van der Waals surface area contributed by atoms with Crippen LogP contribution in [0.3, 0.4) is 0 Å². The molecular formula is C15H26AsN3O3. The number of nitrogens with two attached hydrogens (primary N) is 3. The summed E-state index contributed by atoms with van der Waals surface area (Å²) in [6.07, 6.45) is 3.35. The Labute approximate surface area is 132 Å². The van der Waals surface area contributed by atoms with Crippen molar-refractivity contribution in [3.8, 4) is 0 Å². The molecule has 0 heterocycles. The van der Waals surface area contributed by atoms with Crippen molar-refractivity contribution in [2.45, 2.75) is 21.7 Å². The Bertz CT molecular complexity index is 472. The number of hydrogen-bond donors (Lipinski definition) is 3.